The number of hydrogen-bond donors (Lipinski definition) is 0. The lowest BCUT2D eigenvalue weighted by Gasteiger charge is -2.26. The van der Waals surface area contributed by atoms with Gasteiger partial charge in [-0.05, 0) is 24.2 Å². The van der Waals surface area contributed by atoms with E-state index in [9.17, 15) is 4.79 Å². The predicted octanol–water partition coefficient (Wildman–Crippen LogP) is 1.45. The van der Waals surface area contributed by atoms with Crippen molar-refractivity contribution in [3.63, 3.8) is 0 Å². The quantitative estimate of drug-likeness (QED) is 0.509. The Morgan fingerprint density at radius 3 is 2.67 bits per heavy atom. The van der Waals surface area contributed by atoms with Crippen LogP contribution in [-0.4, -0.2) is 12.1 Å². The van der Waals surface area contributed by atoms with Crippen LogP contribution in [0.5, 0.6) is 0 Å². The van der Waals surface area contributed by atoms with Crippen LogP contribution in [0.1, 0.15) is 20.3 Å². The van der Waals surface area contributed by atoms with Gasteiger partial charge in [-0.15, -0.1) is 0 Å². The van der Waals surface area contributed by atoms with Crippen LogP contribution in [0, 0.1) is 29.6 Å². The lowest BCUT2D eigenvalue weighted by atomic mass is 9.76. The average Bonchev–Trinajstić information content (AvgIpc) is 2.56. The van der Waals surface area contributed by atoms with Crippen molar-refractivity contribution in [2.45, 2.75) is 26.4 Å². The van der Waals surface area contributed by atoms with Gasteiger partial charge in [0.1, 0.15) is 6.10 Å². The molecule has 2 heteroatoms. The molecule has 0 radical (unpaired) electrons. The predicted molar refractivity (Wildman–Crippen MR) is 43.3 cm³/mol. The first kappa shape index (κ1) is 6.93. The van der Waals surface area contributed by atoms with Gasteiger partial charge in [-0.3, -0.25) is 4.79 Å². The highest BCUT2D eigenvalue weighted by Crippen LogP contribution is 2.59. The minimum absolute atomic E-state index is 0.0874. The van der Waals surface area contributed by atoms with E-state index in [4.69, 9.17) is 4.74 Å². The first-order chi connectivity index (χ1) is 5.70. The molecule has 0 N–H and O–H groups in total. The Hall–Kier alpha value is -0.530. The second-order valence-corrected chi connectivity index (χ2v) is 4.71. The van der Waals surface area contributed by atoms with Crippen LogP contribution >= 0.6 is 0 Å². The van der Waals surface area contributed by atoms with Crippen LogP contribution in [-0.2, 0) is 9.53 Å². The summed E-state index contributed by atoms with van der Waals surface area (Å²) < 4.78 is 5.38. The molecule has 5 unspecified atom stereocenters. The number of carbonyl (C=O) groups excluding carboxylic acids is 1. The van der Waals surface area contributed by atoms with E-state index in [-0.39, 0.29) is 18.0 Å². The molecule has 1 heterocycles. The number of hydrogen-bond acceptors (Lipinski definition) is 2. The summed E-state index contributed by atoms with van der Waals surface area (Å²) in [5.41, 5.74) is 0. The fourth-order valence-electron chi connectivity index (χ4n) is 3.79. The Bertz CT molecular complexity index is 248. The Morgan fingerprint density at radius 1 is 1.25 bits per heavy atom. The van der Waals surface area contributed by atoms with Crippen LogP contribution in [0.4, 0.5) is 0 Å². The molecule has 3 rings (SSSR count). The maximum Gasteiger partial charge on any atom is 0.309 e. The molecule has 0 aromatic rings. The van der Waals surface area contributed by atoms with Crippen LogP contribution in [0.3, 0.4) is 0 Å². The summed E-state index contributed by atoms with van der Waals surface area (Å²) in [7, 11) is 0. The molecule has 6 atom stereocenters. The summed E-state index contributed by atoms with van der Waals surface area (Å²) in [6.07, 6.45) is 1.52. The molecular weight excluding hydrogens is 152 g/mol. The molecule has 0 aromatic carbocycles. The highest BCUT2D eigenvalue weighted by Gasteiger charge is 2.63. The molecular formula is C10H14O2. The number of esters is 1. The Labute approximate surface area is 72.3 Å². The van der Waals surface area contributed by atoms with Crippen molar-refractivity contribution in [1.82, 2.24) is 0 Å². The van der Waals surface area contributed by atoms with Gasteiger partial charge >= 0.3 is 5.97 Å². The summed E-state index contributed by atoms with van der Waals surface area (Å²) in [4.78, 5) is 11.4. The zero-order valence-corrected chi connectivity index (χ0v) is 7.49. The minimum atomic E-state index is 0.0874. The van der Waals surface area contributed by atoms with Gasteiger partial charge < -0.3 is 4.74 Å². The molecule has 66 valence electrons. The van der Waals surface area contributed by atoms with Gasteiger partial charge in [0.05, 0.1) is 5.92 Å². The zero-order chi connectivity index (χ0) is 8.46. The van der Waals surface area contributed by atoms with E-state index in [0.717, 1.165) is 5.92 Å². The number of rotatable bonds is 0. The molecule has 1 saturated heterocycles. The van der Waals surface area contributed by atoms with Gasteiger partial charge in [-0.25, -0.2) is 0 Å². The van der Waals surface area contributed by atoms with Crippen LogP contribution in [0.15, 0.2) is 0 Å². The average molecular weight is 166 g/mol. The summed E-state index contributed by atoms with van der Waals surface area (Å²) in [6.45, 7) is 4.45. The third-order valence-corrected chi connectivity index (χ3v) is 4.39. The van der Waals surface area contributed by atoms with E-state index in [1.807, 2.05) is 0 Å². The van der Waals surface area contributed by atoms with E-state index in [1.54, 1.807) is 0 Å². The standard InChI is InChI=1S/C10H14O2/c1-4-6-3-7-8(4)10(11)12-9(7)5(6)2/h4-9H,3H2,1-2H3/t4?,5?,6-,7?,8?,9?/m0/s1. The number of carbonyl (C=O) groups is 1. The molecule has 3 aliphatic rings. The van der Waals surface area contributed by atoms with Crippen LogP contribution in [0.25, 0.3) is 0 Å². The monoisotopic (exact) mass is 166 g/mol. The topological polar surface area (TPSA) is 26.3 Å². The molecule has 0 amide bonds. The van der Waals surface area contributed by atoms with Gasteiger partial charge in [0.25, 0.3) is 0 Å². The highest BCUT2D eigenvalue weighted by molar-refractivity contribution is 5.77. The Morgan fingerprint density at radius 2 is 2.00 bits per heavy atom. The molecule has 3 fully saturated rings. The van der Waals surface area contributed by atoms with Gasteiger partial charge in [0.15, 0.2) is 0 Å². The summed E-state index contributed by atoms with van der Waals surface area (Å²) in [5, 5.41) is 0. The second kappa shape index (κ2) is 1.86. The molecule has 2 saturated carbocycles. The third-order valence-electron chi connectivity index (χ3n) is 4.39. The maximum atomic E-state index is 11.4. The van der Waals surface area contributed by atoms with Gasteiger partial charge in [-0.2, -0.15) is 0 Å². The summed E-state index contributed by atoms with van der Waals surface area (Å²) >= 11 is 0. The van der Waals surface area contributed by atoms with E-state index in [2.05, 4.69) is 13.8 Å². The molecule has 2 aliphatic carbocycles. The molecule has 2 bridgehead atoms. The highest BCUT2D eigenvalue weighted by atomic mass is 16.6. The van der Waals surface area contributed by atoms with Crippen molar-refractivity contribution < 1.29 is 9.53 Å². The fourth-order valence-corrected chi connectivity index (χ4v) is 3.79. The van der Waals surface area contributed by atoms with Crippen molar-refractivity contribution in [3.8, 4) is 0 Å². The van der Waals surface area contributed by atoms with E-state index in [1.165, 1.54) is 6.42 Å². The SMILES string of the molecule is CC1C2OC(=O)C3C2C[C@H]1C3C. The second-order valence-electron chi connectivity index (χ2n) is 4.71. The molecule has 0 spiro atoms. The van der Waals surface area contributed by atoms with Crippen molar-refractivity contribution in [1.29, 1.82) is 0 Å². The number of fused-ring (bicyclic) bond motifs is 1. The van der Waals surface area contributed by atoms with E-state index in [0.29, 0.717) is 17.8 Å². The summed E-state index contributed by atoms with van der Waals surface area (Å²) in [6, 6.07) is 0. The van der Waals surface area contributed by atoms with Crippen LogP contribution < -0.4 is 0 Å². The van der Waals surface area contributed by atoms with Crippen LogP contribution in [0.2, 0.25) is 0 Å². The fraction of sp³-hybridized carbons (Fsp3) is 0.900. The lowest BCUT2D eigenvalue weighted by Crippen LogP contribution is -2.30. The molecule has 2 nitrogen and oxygen atoms in total. The minimum Gasteiger partial charge on any atom is -0.462 e. The molecule has 1 aliphatic heterocycles. The largest absolute Gasteiger partial charge is 0.462 e. The van der Waals surface area contributed by atoms with Gasteiger partial charge in [0, 0.05) is 5.92 Å². The zero-order valence-electron chi connectivity index (χ0n) is 7.49. The van der Waals surface area contributed by atoms with Gasteiger partial charge in [0.2, 0.25) is 0 Å². The number of ether oxygens (including phenoxy) is 1. The van der Waals surface area contributed by atoms with Crippen molar-refractivity contribution >= 4 is 5.97 Å². The Kier molecular flexibility index (Phi) is 1.07. The van der Waals surface area contributed by atoms with E-state index < -0.39 is 0 Å². The van der Waals surface area contributed by atoms with Crippen molar-refractivity contribution in [2.75, 3.05) is 0 Å². The normalized spacial score (nSPS) is 61.0. The first-order valence-corrected chi connectivity index (χ1v) is 4.90. The smallest absolute Gasteiger partial charge is 0.309 e. The third kappa shape index (κ3) is 0.540. The summed E-state index contributed by atoms with van der Waals surface area (Å²) in [5.74, 6) is 2.88. The van der Waals surface area contributed by atoms with Crippen molar-refractivity contribution in [3.05, 3.63) is 0 Å². The Balaban J connectivity index is 2.06. The first-order valence-electron chi connectivity index (χ1n) is 4.90. The van der Waals surface area contributed by atoms with E-state index >= 15 is 0 Å². The molecule has 12 heavy (non-hydrogen) atoms. The van der Waals surface area contributed by atoms with Gasteiger partial charge in [-0.1, -0.05) is 13.8 Å². The van der Waals surface area contributed by atoms with Crippen molar-refractivity contribution in [2.24, 2.45) is 29.6 Å². The maximum absolute atomic E-state index is 11.4. The lowest BCUT2D eigenvalue weighted by molar-refractivity contribution is -0.144. The molecule has 0 aromatic heterocycles.